The molecule has 0 aliphatic heterocycles. The fourth-order valence-electron chi connectivity index (χ4n) is 6.01. The summed E-state index contributed by atoms with van der Waals surface area (Å²) in [4.78, 5) is 94.0. The maximum atomic E-state index is 12.7. The smallest absolute Gasteiger partial charge is 0.424 e. The van der Waals surface area contributed by atoms with Gasteiger partial charge in [0, 0.05) is 48.2 Å². The molecule has 0 spiro atoms. The van der Waals surface area contributed by atoms with Crippen LogP contribution in [0.3, 0.4) is 0 Å². The highest BCUT2D eigenvalue weighted by atomic mass is 17.2. The SMILES string of the molecule is CNC(=O)Nc1ccc(Cc2ccc(NC(=O)OOC(=O)Nc3ccc(Cc4ccc(NC(=O)Nc5ccc(C(=O)OCOC(=O)c6ccc(NC(=O)NC)cc6)cc5)cc4)cc3)cc2)cc1. The molecule has 0 bridgehead atoms. The standard InChI is InChI=1S/C48H44N8O11/c1-49-44(59)51-36-15-3-30(4-16-36)27-32-7-19-40(20-8-32)55-47(62)66-67-48(63)56-41-21-9-33(10-22-41)28-31-5-17-37(18-6-31)53-46(61)54-39-25-13-35(14-26-39)43(58)65-29-64-42(57)34-11-23-38(24-12-34)52-45(60)50-2/h3-26H,27-29H2,1-2H3,(H,55,62)(H,56,63)(H2,49,51,59)(H2,50,52,60)(H2,53,54,61). The molecule has 0 heterocycles. The van der Waals surface area contributed by atoms with Crippen LogP contribution in [0.1, 0.15) is 43.0 Å². The van der Waals surface area contributed by atoms with Crippen molar-refractivity contribution in [1.29, 1.82) is 0 Å². The van der Waals surface area contributed by atoms with Crippen LogP contribution in [-0.4, -0.2) is 63.1 Å². The van der Waals surface area contributed by atoms with Crippen molar-refractivity contribution in [3.63, 3.8) is 0 Å². The van der Waals surface area contributed by atoms with E-state index in [1.807, 2.05) is 48.5 Å². The summed E-state index contributed by atoms with van der Waals surface area (Å²) in [7, 11) is 3.01. The molecule has 0 aliphatic rings. The fourth-order valence-corrected chi connectivity index (χ4v) is 6.01. The largest absolute Gasteiger partial charge is 0.454 e. The fraction of sp³-hybridized carbons (Fsp3) is 0.104. The van der Waals surface area contributed by atoms with Gasteiger partial charge in [0.05, 0.1) is 11.1 Å². The molecule has 6 aromatic rings. The Labute approximate surface area is 383 Å². The van der Waals surface area contributed by atoms with E-state index >= 15 is 0 Å². The van der Waals surface area contributed by atoms with Gasteiger partial charge in [-0.1, -0.05) is 48.5 Å². The van der Waals surface area contributed by atoms with Crippen LogP contribution in [0.5, 0.6) is 0 Å². The number of anilines is 6. The van der Waals surface area contributed by atoms with Gasteiger partial charge in [-0.15, -0.1) is 0 Å². The van der Waals surface area contributed by atoms with Crippen molar-refractivity contribution in [2.45, 2.75) is 12.8 Å². The summed E-state index contributed by atoms with van der Waals surface area (Å²) in [6, 6.07) is 39.3. The van der Waals surface area contributed by atoms with Crippen LogP contribution in [0.4, 0.5) is 58.1 Å². The molecule has 8 amide bonds. The Kier molecular flexibility index (Phi) is 16.4. The van der Waals surface area contributed by atoms with E-state index in [4.69, 9.17) is 9.47 Å². The first-order valence-electron chi connectivity index (χ1n) is 20.3. The van der Waals surface area contributed by atoms with Crippen molar-refractivity contribution in [3.8, 4) is 0 Å². The number of amides is 8. The van der Waals surface area contributed by atoms with Gasteiger partial charge < -0.3 is 41.4 Å². The van der Waals surface area contributed by atoms with E-state index in [9.17, 15) is 33.6 Å². The Morgan fingerprint density at radius 3 is 0.881 bits per heavy atom. The maximum Gasteiger partial charge on any atom is 0.454 e. The molecule has 19 heteroatoms. The van der Waals surface area contributed by atoms with Gasteiger partial charge >= 0.3 is 42.2 Å². The van der Waals surface area contributed by atoms with E-state index < -0.39 is 43.0 Å². The number of hydrogen-bond acceptors (Lipinski definition) is 11. The summed E-state index contributed by atoms with van der Waals surface area (Å²) < 4.78 is 10.0. The molecule has 19 nitrogen and oxygen atoms in total. The van der Waals surface area contributed by atoms with Crippen molar-refractivity contribution in [2.24, 2.45) is 0 Å². The summed E-state index contributed by atoms with van der Waals surface area (Å²) in [5, 5.41) is 20.6. The zero-order chi connectivity index (χ0) is 47.5. The lowest BCUT2D eigenvalue weighted by Crippen LogP contribution is -2.24. The molecule has 0 aromatic heterocycles. The van der Waals surface area contributed by atoms with Crippen LogP contribution in [0, 0.1) is 0 Å². The number of nitrogens with one attached hydrogen (secondary N) is 8. The van der Waals surface area contributed by atoms with Gasteiger partial charge in [0.25, 0.3) is 0 Å². The van der Waals surface area contributed by atoms with Gasteiger partial charge in [-0.25, -0.2) is 43.3 Å². The minimum Gasteiger partial charge on any atom is -0.424 e. The lowest BCUT2D eigenvalue weighted by molar-refractivity contribution is -0.169. The molecular weight excluding hydrogens is 865 g/mol. The zero-order valence-electron chi connectivity index (χ0n) is 36.0. The zero-order valence-corrected chi connectivity index (χ0v) is 36.0. The number of urea groups is 3. The monoisotopic (exact) mass is 908 g/mol. The number of hydrogen-bond donors (Lipinski definition) is 8. The van der Waals surface area contributed by atoms with Crippen molar-refractivity contribution in [1.82, 2.24) is 10.6 Å². The molecular formula is C48H44N8O11. The Morgan fingerprint density at radius 1 is 0.343 bits per heavy atom. The van der Waals surface area contributed by atoms with E-state index in [1.54, 1.807) is 55.6 Å². The third-order valence-electron chi connectivity index (χ3n) is 9.42. The molecule has 0 fully saturated rings. The first kappa shape index (κ1) is 47.1. The summed E-state index contributed by atoms with van der Waals surface area (Å²) in [6.45, 7) is -0.624. The van der Waals surface area contributed by atoms with Crippen LogP contribution < -0.4 is 42.5 Å². The Balaban J connectivity index is 0.853. The van der Waals surface area contributed by atoms with E-state index in [0.717, 1.165) is 22.3 Å². The number of rotatable bonds is 14. The second-order valence-electron chi connectivity index (χ2n) is 14.3. The molecule has 8 N–H and O–H groups in total. The summed E-state index contributed by atoms with van der Waals surface area (Å²) >= 11 is 0. The summed E-state index contributed by atoms with van der Waals surface area (Å²) in [6.07, 6.45) is -0.818. The van der Waals surface area contributed by atoms with Gasteiger partial charge in [-0.2, -0.15) is 0 Å². The Bertz CT molecular complexity index is 2680. The van der Waals surface area contributed by atoms with Crippen molar-refractivity contribution < 1.29 is 52.8 Å². The molecule has 67 heavy (non-hydrogen) atoms. The third-order valence-corrected chi connectivity index (χ3v) is 9.42. The maximum absolute atomic E-state index is 12.7. The number of ether oxygens (including phenoxy) is 2. The second-order valence-corrected chi connectivity index (χ2v) is 14.3. The lowest BCUT2D eigenvalue weighted by atomic mass is 10.0. The van der Waals surface area contributed by atoms with Crippen molar-refractivity contribution in [3.05, 3.63) is 179 Å². The first-order valence-corrected chi connectivity index (χ1v) is 20.3. The average Bonchev–Trinajstić information content (AvgIpc) is 3.33. The Morgan fingerprint density at radius 2 is 0.597 bits per heavy atom. The van der Waals surface area contributed by atoms with Gasteiger partial charge in [-0.05, 0) is 132 Å². The number of benzene rings is 6. The second kappa shape index (κ2) is 23.3. The predicted octanol–water partition coefficient (Wildman–Crippen LogP) is 8.70. The van der Waals surface area contributed by atoms with Gasteiger partial charge in [0.15, 0.2) is 0 Å². The van der Waals surface area contributed by atoms with Gasteiger partial charge in [-0.3, -0.25) is 10.6 Å². The number of esters is 2. The Hall–Kier alpha value is -9.39. The molecule has 342 valence electrons. The molecule has 6 rings (SSSR count). The first-order chi connectivity index (χ1) is 32.4. The topological polar surface area (TPSA) is 253 Å². The van der Waals surface area contributed by atoms with Gasteiger partial charge in [0.1, 0.15) is 0 Å². The van der Waals surface area contributed by atoms with Crippen LogP contribution in [0.25, 0.3) is 0 Å². The summed E-state index contributed by atoms with van der Waals surface area (Å²) in [5.74, 6) is -1.47. The van der Waals surface area contributed by atoms with E-state index in [-0.39, 0.29) is 17.2 Å². The summed E-state index contributed by atoms with van der Waals surface area (Å²) in [5.41, 5.74) is 7.16. The molecule has 0 unspecified atom stereocenters. The van der Waals surface area contributed by atoms with Crippen LogP contribution in [0.2, 0.25) is 0 Å². The molecule has 0 atom stereocenters. The van der Waals surface area contributed by atoms with Crippen LogP contribution in [0.15, 0.2) is 146 Å². The van der Waals surface area contributed by atoms with E-state index in [1.165, 1.54) is 55.6 Å². The van der Waals surface area contributed by atoms with Crippen molar-refractivity contribution in [2.75, 3.05) is 52.8 Å². The quantitative estimate of drug-likeness (QED) is 0.0222. The van der Waals surface area contributed by atoms with Crippen molar-refractivity contribution >= 4 is 76.3 Å². The molecule has 0 saturated carbocycles. The lowest BCUT2D eigenvalue weighted by Gasteiger charge is -2.10. The highest BCUT2D eigenvalue weighted by Crippen LogP contribution is 2.19. The molecule has 0 saturated heterocycles. The minimum absolute atomic E-state index is 0.165. The highest BCUT2D eigenvalue weighted by molar-refractivity contribution is 6.00. The molecule has 6 aromatic carbocycles. The molecule has 0 aliphatic carbocycles. The number of carbonyl (C=O) groups excluding carboxylic acids is 7. The minimum atomic E-state index is -1.00. The predicted molar refractivity (Wildman–Crippen MR) is 249 cm³/mol. The normalized spacial score (nSPS) is 10.2. The number of carbonyl (C=O) groups is 7. The van der Waals surface area contributed by atoms with E-state index in [2.05, 4.69) is 52.3 Å². The third kappa shape index (κ3) is 15.1. The average molecular weight is 909 g/mol. The van der Waals surface area contributed by atoms with E-state index in [0.29, 0.717) is 47.0 Å². The van der Waals surface area contributed by atoms with Gasteiger partial charge in [0.2, 0.25) is 6.79 Å². The highest BCUT2D eigenvalue weighted by Gasteiger charge is 2.14. The van der Waals surface area contributed by atoms with Crippen LogP contribution >= 0.6 is 0 Å². The molecule has 0 radical (unpaired) electrons. The van der Waals surface area contributed by atoms with Crippen LogP contribution in [-0.2, 0) is 32.1 Å².